The van der Waals surface area contributed by atoms with Crippen LogP contribution < -0.4 is 0 Å². The number of hydrogen-bond donors (Lipinski definition) is 1. The Bertz CT molecular complexity index is 499. The zero-order valence-corrected chi connectivity index (χ0v) is 13.5. The summed E-state index contributed by atoms with van der Waals surface area (Å²) in [6.45, 7) is 2.62. The minimum Gasteiger partial charge on any atom is -0.385 e. The fourth-order valence-electron chi connectivity index (χ4n) is 3.87. The van der Waals surface area contributed by atoms with E-state index in [9.17, 15) is 9.50 Å². The molecule has 128 valence electrons. The molecule has 3 rings (SSSR count). The van der Waals surface area contributed by atoms with Gasteiger partial charge in [0.25, 0.3) is 0 Å². The number of morpholine rings is 1. The molecule has 1 N–H and O–H groups in total. The van der Waals surface area contributed by atoms with Crippen LogP contribution in [0.15, 0.2) is 18.3 Å². The maximum atomic E-state index is 13.0. The first-order valence-corrected chi connectivity index (χ1v) is 8.33. The SMILES string of the molecule is COC1CCCC1C1COCCN1CC(O)c1ccc(F)cn1. The molecule has 2 fully saturated rings. The van der Waals surface area contributed by atoms with Gasteiger partial charge < -0.3 is 14.6 Å². The largest absolute Gasteiger partial charge is 0.385 e. The zero-order chi connectivity index (χ0) is 16.2. The number of β-amino-alcohol motifs (C(OH)–C–C–N with tert-alkyl or cyclic N) is 1. The monoisotopic (exact) mass is 324 g/mol. The van der Waals surface area contributed by atoms with Crippen molar-refractivity contribution in [2.24, 2.45) is 5.92 Å². The van der Waals surface area contributed by atoms with Gasteiger partial charge in [-0.3, -0.25) is 9.88 Å². The Morgan fingerprint density at radius 2 is 2.35 bits per heavy atom. The molecule has 5 nitrogen and oxygen atoms in total. The number of ether oxygens (including phenoxy) is 2. The van der Waals surface area contributed by atoms with Crippen LogP contribution in [0.2, 0.25) is 0 Å². The number of rotatable bonds is 5. The predicted molar refractivity (Wildman–Crippen MR) is 83.5 cm³/mol. The predicted octanol–water partition coefficient (Wildman–Crippen LogP) is 1.77. The Balaban J connectivity index is 1.67. The summed E-state index contributed by atoms with van der Waals surface area (Å²) in [4.78, 5) is 6.27. The Kier molecular flexibility index (Phi) is 5.58. The first-order valence-electron chi connectivity index (χ1n) is 8.33. The second-order valence-corrected chi connectivity index (χ2v) is 6.42. The fraction of sp³-hybridized carbons (Fsp3) is 0.706. The highest BCUT2D eigenvalue weighted by atomic mass is 19.1. The summed E-state index contributed by atoms with van der Waals surface area (Å²) in [5.41, 5.74) is 0.506. The summed E-state index contributed by atoms with van der Waals surface area (Å²) >= 11 is 0. The van der Waals surface area contributed by atoms with Crippen LogP contribution in [0.3, 0.4) is 0 Å². The van der Waals surface area contributed by atoms with Gasteiger partial charge in [-0.25, -0.2) is 4.39 Å². The van der Waals surface area contributed by atoms with Crippen LogP contribution in [-0.4, -0.2) is 60.5 Å². The first kappa shape index (κ1) is 16.8. The van der Waals surface area contributed by atoms with E-state index >= 15 is 0 Å². The van der Waals surface area contributed by atoms with Crippen LogP contribution in [0.5, 0.6) is 0 Å². The number of hydrogen-bond acceptors (Lipinski definition) is 5. The number of pyridine rings is 1. The molecule has 2 aliphatic rings. The molecule has 0 radical (unpaired) electrons. The maximum Gasteiger partial charge on any atom is 0.141 e. The summed E-state index contributed by atoms with van der Waals surface area (Å²) in [6, 6.07) is 3.13. The van der Waals surface area contributed by atoms with Crippen molar-refractivity contribution in [2.75, 3.05) is 33.4 Å². The van der Waals surface area contributed by atoms with E-state index in [2.05, 4.69) is 9.88 Å². The average molecular weight is 324 g/mol. The van der Waals surface area contributed by atoms with Crippen LogP contribution in [0.1, 0.15) is 31.1 Å². The third-order valence-electron chi connectivity index (χ3n) is 5.08. The summed E-state index contributed by atoms with van der Waals surface area (Å²) in [7, 11) is 1.77. The molecule has 1 aromatic heterocycles. The summed E-state index contributed by atoms with van der Waals surface area (Å²) in [6.07, 6.45) is 4.09. The Hall–Kier alpha value is -1.08. The highest BCUT2D eigenvalue weighted by Crippen LogP contribution is 2.34. The molecule has 1 saturated carbocycles. The fourth-order valence-corrected chi connectivity index (χ4v) is 3.87. The lowest BCUT2D eigenvalue weighted by molar-refractivity contribution is -0.0699. The molecule has 0 amide bonds. The van der Waals surface area contributed by atoms with Gasteiger partial charge in [-0.15, -0.1) is 0 Å². The van der Waals surface area contributed by atoms with E-state index in [1.165, 1.54) is 12.5 Å². The van der Waals surface area contributed by atoms with Gasteiger partial charge in [0, 0.05) is 32.2 Å². The van der Waals surface area contributed by atoms with Crippen molar-refractivity contribution in [1.82, 2.24) is 9.88 Å². The van der Waals surface area contributed by atoms with Crippen LogP contribution in [0.4, 0.5) is 4.39 Å². The Labute approximate surface area is 136 Å². The molecule has 1 saturated heterocycles. The third-order valence-corrected chi connectivity index (χ3v) is 5.08. The first-order chi connectivity index (χ1) is 11.2. The average Bonchev–Trinajstić information content (AvgIpc) is 3.04. The quantitative estimate of drug-likeness (QED) is 0.895. The number of methoxy groups -OCH3 is 1. The summed E-state index contributed by atoms with van der Waals surface area (Å²) < 4.78 is 24.3. The van der Waals surface area contributed by atoms with E-state index in [0.29, 0.717) is 31.4 Å². The van der Waals surface area contributed by atoms with Gasteiger partial charge >= 0.3 is 0 Å². The standard InChI is InChI=1S/C17H25FN2O3/c1-22-17-4-2-3-13(17)15-11-23-8-7-20(15)10-16(21)14-6-5-12(18)9-19-14/h5-6,9,13,15-17,21H,2-4,7-8,10-11H2,1H3. The second-order valence-electron chi connectivity index (χ2n) is 6.42. The third kappa shape index (κ3) is 3.88. The van der Waals surface area contributed by atoms with Gasteiger partial charge in [0.2, 0.25) is 0 Å². The molecule has 4 atom stereocenters. The van der Waals surface area contributed by atoms with Crippen LogP contribution in [0.25, 0.3) is 0 Å². The van der Waals surface area contributed by atoms with Crippen molar-refractivity contribution < 1.29 is 19.0 Å². The van der Waals surface area contributed by atoms with E-state index in [1.807, 2.05) is 0 Å². The van der Waals surface area contributed by atoms with Crippen molar-refractivity contribution in [3.05, 3.63) is 29.8 Å². The van der Waals surface area contributed by atoms with E-state index < -0.39 is 6.10 Å². The van der Waals surface area contributed by atoms with Crippen LogP contribution in [-0.2, 0) is 9.47 Å². The molecule has 2 heterocycles. The number of aromatic nitrogens is 1. The van der Waals surface area contributed by atoms with E-state index in [1.54, 1.807) is 13.2 Å². The molecular formula is C17H25FN2O3. The molecule has 1 aliphatic carbocycles. The number of aliphatic hydroxyl groups excluding tert-OH is 1. The molecule has 23 heavy (non-hydrogen) atoms. The molecule has 6 heteroatoms. The van der Waals surface area contributed by atoms with E-state index in [-0.39, 0.29) is 18.0 Å². The van der Waals surface area contributed by atoms with Crippen LogP contribution >= 0.6 is 0 Å². The zero-order valence-electron chi connectivity index (χ0n) is 13.5. The Morgan fingerprint density at radius 3 is 3.09 bits per heavy atom. The van der Waals surface area contributed by atoms with Gasteiger partial charge in [0.15, 0.2) is 0 Å². The van der Waals surface area contributed by atoms with Gasteiger partial charge in [-0.1, -0.05) is 6.42 Å². The summed E-state index contributed by atoms with van der Waals surface area (Å²) in [5, 5.41) is 10.4. The van der Waals surface area contributed by atoms with Crippen molar-refractivity contribution in [1.29, 1.82) is 0 Å². The minimum absolute atomic E-state index is 0.256. The number of halogens is 1. The number of aliphatic hydroxyl groups is 1. The highest BCUT2D eigenvalue weighted by molar-refractivity contribution is 5.08. The van der Waals surface area contributed by atoms with Crippen LogP contribution in [0, 0.1) is 11.7 Å². The maximum absolute atomic E-state index is 13.0. The van der Waals surface area contributed by atoms with Crippen molar-refractivity contribution in [2.45, 2.75) is 37.5 Å². The smallest absolute Gasteiger partial charge is 0.141 e. The molecule has 0 aromatic carbocycles. The van der Waals surface area contributed by atoms with Gasteiger partial charge in [-0.05, 0) is 25.0 Å². The lowest BCUT2D eigenvalue weighted by Gasteiger charge is -2.41. The van der Waals surface area contributed by atoms with Crippen molar-refractivity contribution >= 4 is 0 Å². The lowest BCUT2D eigenvalue weighted by Crippen LogP contribution is -2.52. The molecule has 4 unspecified atom stereocenters. The van der Waals surface area contributed by atoms with Gasteiger partial charge in [0.05, 0.1) is 31.2 Å². The summed E-state index contributed by atoms with van der Waals surface area (Å²) in [5.74, 6) is 0.0489. The van der Waals surface area contributed by atoms with Gasteiger partial charge in [-0.2, -0.15) is 0 Å². The normalized spacial score (nSPS) is 30.5. The van der Waals surface area contributed by atoms with E-state index in [0.717, 1.165) is 25.6 Å². The van der Waals surface area contributed by atoms with Gasteiger partial charge in [0.1, 0.15) is 11.9 Å². The van der Waals surface area contributed by atoms with E-state index in [4.69, 9.17) is 9.47 Å². The van der Waals surface area contributed by atoms with Crippen molar-refractivity contribution in [3.63, 3.8) is 0 Å². The number of nitrogens with zero attached hydrogens (tertiary/aromatic N) is 2. The molecular weight excluding hydrogens is 299 g/mol. The molecule has 0 bridgehead atoms. The Morgan fingerprint density at radius 1 is 1.48 bits per heavy atom. The molecule has 1 aliphatic heterocycles. The molecule has 0 spiro atoms. The second kappa shape index (κ2) is 7.66. The molecule has 1 aromatic rings. The highest BCUT2D eigenvalue weighted by Gasteiger charge is 2.39. The lowest BCUT2D eigenvalue weighted by atomic mass is 9.93. The topological polar surface area (TPSA) is 54.8 Å². The minimum atomic E-state index is -0.724. The van der Waals surface area contributed by atoms with Crippen molar-refractivity contribution in [3.8, 4) is 0 Å².